The first kappa shape index (κ1) is 16.4. The molecule has 0 aliphatic heterocycles. The maximum absolute atomic E-state index is 9.93. The molecule has 4 nitrogen and oxygen atoms in total. The Balaban J connectivity index is 2.35. The molecule has 1 aromatic carbocycles. The molecular formula is C13H20ClNO3S. The molecule has 1 rings (SSSR count). The van der Waals surface area contributed by atoms with Gasteiger partial charge in [0.2, 0.25) is 0 Å². The van der Waals surface area contributed by atoms with E-state index in [1.165, 1.54) is 7.11 Å². The lowest BCUT2D eigenvalue weighted by molar-refractivity contribution is 0.296. The summed E-state index contributed by atoms with van der Waals surface area (Å²) < 4.78 is 5.05. The number of benzene rings is 1. The average Bonchev–Trinajstić information content (AvgIpc) is 2.41. The second-order valence-corrected chi connectivity index (χ2v) is 5.64. The molecule has 0 heterocycles. The third kappa shape index (κ3) is 5.91. The molecule has 0 bridgehead atoms. The summed E-state index contributed by atoms with van der Waals surface area (Å²) in [5.41, 5.74) is 0.727. The highest BCUT2D eigenvalue weighted by Crippen LogP contribution is 2.33. The highest BCUT2D eigenvalue weighted by atomic mass is 35.5. The van der Waals surface area contributed by atoms with Crippen molar-refractivity contribution in [3.8, 4) is 11.5 Å². The zero-order chi connectivity index (χ0) is 14.1. The third-order valence-corrected chi connectivity index (χ3v) is 3.81. The van der Waals surface area contributed by atoms with Crippen LogP contribution in [0.4, 0.5) is 0 Å². The minimum absolute atomic E-state index is 0.132. The van der Waals surface area contributed by atoms with Gasteiger partial charge < -0.3 is 20.3 Å². The highest BCUT2D eigenvalue weighted by molar-refractivity contribution is 7.99. The first-order valence-electron chi connectivity index (χ1n) is 6.13. The number of thioether (sulfide) groups is 1. The minimum Gasteiger partial charge on any atom is -0.504 e. The van der Waals surface area contributed by atoms with Gasteiger partial charge in [-0.3, -0.25) is 0 Å². The van der Waals surface area contributed by atoms with Gasteiger partial charge in [0.05, 0.1) is 7.11 Å². The summed E-state index contributed by atoms with van der Waals surface area (Å²) >= 11 is 7.74. The van der Waals surface area contributed by atoms with Crippen molar-refractivity contribution in [2.75, 3.05) is 31.8 Å². The van der Waals surface area contributed by atoms with Gasteiger partial charge in [-0.05, 0) is 18.2 Å². The van der Waals surface area contributed by atoms with Crippen molar-refractivity contribution in [2.45, 2.75) is 13.0 Å². The summed E-state index contributed by atoms with van der Waals surface area (Å²) in [6, 6.07) is 3.32. The minimum atomic E-state index is 0.132. The van der Waals surface area contributed by atoms with Gasteiger partial charge in [-0.1, -0.05) is 11.6 Å². The van der Waals surface area contributed by atoms with E-state index in [1.807, 2.05) is 0 Å². The monoisotopic (exact) mass is 305 g/mol. The zero-order valence-electron chi connectivity index (χ0n) is 11.0. The van der Waals surface area contributed by atoms with E-state index < -0.39 is 0 Å². The number of aliphatic hydroxyl groups excluding tert-OH is 1. The molecule has 0 saturated heterocycles. The highest BCUT2D eigenvalue weighted by Gasteiger charge is 2.09. The maximum atomic E-state index is 9.93. The Kier molecular flexibility index (Phi) is 8.05. The number of phenols is 1. The fourth-order valence-corrected chi connectivity index (χ4v) is 2.61. The van der Waals surface area contributed by atoms with Crippen molar-refractivity contribution in [3.63, 3.8) is 0 Å². The van der Waals surface area contributed by atoms with E-state index in [0.717, 1.165) is 30.0 Å². The molecule has 0 aliphatic carbocycles. The van der Waals surface area contributed by atoms with Gasteiger partial charge >= 0.3 is 0 Å². The molecule has 0 unspecified atom stereocenters. The smallest absolute Gasteiger partial charge is 0.162 e. The van der Waals surface area contributed by atoms with E-state index in [1.54, 1.807) is 23.9 Å². The predicted octanol–water partition coefficient (Wildman–Crippen LogP) is 2.26. The number of halogens is 1. The second kappa shape index (κ2) is 9.31. The number of nitrogens with one attached hydrogen (secondary N) is 1. The summed E-state index contributed by atoms with van der Waals surface area (Å²) in [7, 11) is 1.50. The van der Waals surface area contributed by atoms with Gasteiger partial charge in [0, 0.05) is 42.1 Å². The average molecular weight is 306 g/mol. The van der Waals surface area contributed by atoms with Crippen molar-refractivity contribution in [1.82, 2.24) is 5.32 Å². The molecule has 0 amide bonds. The lowest BCUT2D eigenvalue weighted by Gasteiger charge is -2.10. The Morgan fingerprint density at radius 3 is 2.84 bits per heavy atom. The van der Waals surface area contributed by atoms with Crippen LogP contribution in [-0.2, 0) is 6.54 Å². The van der Waals surface area contributed by atoms with Gasteiger partial charge in [0.25, 0.3) is 0 Å². The van der Waals surface area contributed by atoms with Crippen molar-refractivity contribution < 1.29 is 14.9 Å². The van der Waals surface area contributed by atoms with E-state index >= 15 is 0 Å². The van der Waals surface area contributed by atoms with Crippen LogP contribution < -0.4 is 10.1 Å². The summed E-state index contributed by atoms with van der Waals surface area (Å²) in [5.74, 6) is 2.46. The quantitative estimate of drug-likeness (QED) is 0.611. The summed E-state index contributed by atoms with van der Waals surface area (Å²) in [6.45, 7) is 1.63. The molecule has 0 saturated carbocycles. The predicted molar refractivity (Wildman–Crippen MR) is 80.4 cm³/mol. The van der Waals surface area contributed by atoms with E-state index in [-0.39, 0.29) is 12.4 Å². The summed E-state index contributed by atoms with van der Waals surface area (Å²) in [6.07, 6.45) is 0.830. The molecule has 6 heteroatoms. The molecule has 0 radical (unpaired) electrons. The van der Waals surface area contributed by atoms with Crippen LogP contribution in [0.25, 0.3) is 0 Å². The normalized spacial score (nSPS) is 10.7. The fourth-order valence-electron chi connectivity index (χ4n) is 1.55. The molecule has 0 fully saturated rings. The number of hydrogen-bond acceptors (Lipinski definition) is 5. The van der Waals surface area contributed by atoms with Gasteiger partial charge in [-0.25, -0.2) is 0 Å². The zero-order valence-corrected chi connectivity index (χ0v) is 12.6. The van der Waals surface area contributed by atoms with E-state index in [9.17, 15) is 5.11 Å². The number of methoxy groups -OCH3 is 1. The largest absolute Gasteiger partial charge is 0.504 e. The lowest BCUT2D eigenvalue weighted by atomic mass is 10.2. The Morgan fingerprint density at radius 2 is 2.16 bits per heavy atom. The summed E-state index contributed by atoms with van der Waals surface area (Å²) in [4.78, 5) is 0. The van der Waals surface area contributed by atoms with Crippen LogP contribution in [-0.4, -0.2) is 42.0 Å². The molecule has 3 N–H and O–H groups in total. The van der Waals surface area contributed by atoms with Crippen LogP contribution in [0.2, 0.25) is 5.02 Å². The van der Waals surface area contributed by atoms with Gasteiger partial charge in [-0.15, -0.1) is 0 Å². The number of aromatic hydroxyl groups is 1. The number of ether oxygens (including phenoxy) is 1. The first-order valence-corrected chi connectivity index (χ1v) is 7.67. The van der Waals surface area contributed by atoms with Crippen LogP contribution in [0.5, 0.6) is 11.5 Å². The lowest BCUT2D eigenvalue weighted by Crippen LogP contribution is -2.17. The van der Waals surface area contributed by atoms with E-state index in [0.29, 0.717) is 17.3 Å². The standard InChI is InChI=1S/C13H20ClNO3S/c1-18-12-8-11(14)7-10(13(12)17)9-15-3-6-19-5-2-4-16/h7-8,15-17H,2-6,9H2,1H3. The molecule has 0 aromatic heterocycles. The number of aliphatic hydroxyl groups is 1. The van der Waals surface area contributed by atoms with Gasteiger partial charge in [0.15, 0.2) is 11.5 Å². The van der Waals surface area contributed by atoms with Gasteiger partial charge in [-0.2, -0.15) is 11.8 Å². The van der Waals surface area contributed by atoms with Crippen molar-refractivity contribution in [2.24, 2.45) is 0 Å². The van der Waals surface area contributed by atoms with Crippen molar-refractivity contribution >= 4 is 23.4 Å². The van der Waals surface area contributed by atoms with Crippen LogP contribution in [0.1, 0.15) is 12.0 Å². The summed E-state index contributed by atoms with van der Waals surface area (Å²) in [5, 5.41) is 22.4. The molecule has 1 aromatic rings. The Labute approximate surface area is 123 Å². The topological polar surface area (TPSA) is 61.7 Å². The molecule has 0 spiro atoms. The van der Waals surface area contributed by atoms with Crippen LogP contribution >= 0.6 is 23.4 Å². The van der Waals surface area contributed by atoms with E-state index in [2.05, 4.69) is 5.32 Å². The van der Waals surface area contributed by atoms with Crippen LogP contribution in [0, 0.1) is 0 Å². The fraction of sp³-hybridized carbons (Fsp3) is 0.538. The van der Waals surface area contributed by atoms with Crippen LogP contribution in [0.3, 0.4) is 0 Å². The Hall–Kier alpha value is -0.620. The Bertz CT molecular complexity index is 390. The van der Waals surface area contributed by atoms with E-state index in [4.69, 9.17) is 21.4 Å². The molecule has 19 heavy (non-hydrogen) atoms. The SMILES string of the molecule is COc1cc(Cl)cc(CNCCSCCCO)c1O. The number of rotatable bonds is 9. The van der Waals surface area contributed by atoms with Crippen molar-refractivity contribution in [3.05, 3.63) is 22.7 Å². The number of hydrogen-bond donors (Lipinski definition) is 3. The maximum Gasteiger partial charge on any atom is 0.162 e. The van der Waals surface area contributed by atoms with Crippen LogP contribution in [0.15, 0.2) is 12.1 Å². The molecule has 0 atom stereocenters. The van der Waals surface area contributed by atoms with Gasteiger partial charge in [0.1, 0.15) is 0 Å². The molecular weight excluding hydrogens is 286 g/mol. The second-order valence-electron chi connectivity index (χ2n) is 3.98. The molecule has 108 valence electrons. The first-order chi connectivity index (χ1) is 9.19. The Morgan fingerprint density at radius 1 is 1.37 bits per heavy atom. The van der Waals surface area contributed by atoms with Crippen molar-refractivity contribution in [1.29, 1.82) is 0 Å². The third-order valence-electron chi connectivity index (χ3n) is 2.52. The molecule has 0 aliphatic rings. The number of phenolic OH excluding ortho intramolecular Hbond substituents is 1.